The standard InChI is InChI=1S/C23H22ClFN2O/c24-20-6-1-18(2-7-20)5-10-22(28)27-16-23(17-27)11-13-26(14-12-23)15-19-3-8-21(25)9-4-19/h1-4,6-9H,11-17H2. The highest BCUT2D eigenvalue weighted by Gasteiger charge is 2.46. The normalized spacial score (nSPS) is 18.3. The van der Waals surface area contributed by atoms with Crippen molar-refractivity contribution in [3.05, 3.63) is 70.5 Å². The number of amides is 1. The third kappa shape index (κ3) is 4.38. The van der Waals surface area contributed by atoms with Gasteiger partial charge in [-0.25, -0.2) is 4.39 Å². The Morgan fingerprint density at radius 3 is 2.32 bits per heavy atom. The van der Waals surface area contributed by atoms with E-state index >= 15 is 0 Å². The third-order valence-corrected chi connectivity index (χ3v) is 5.99. The Morgan fingerprint density at radius 1 is 1.04 bits per heavy atom. The van der Waals surface area contributed by atoms with Gasteiger partial charge in [0.2, 0.25) is 0 Å². The summed E-state index contributed by atoms with van der Waals surface area (Å²) in [5.74, 6) is 5.36. The fourth-order valence-corrected chi connectivity index (χ4v) is 4.12. The number of hydrogen-bond donors (Lipinski definition) is 0. The van der Waals surface area contributed by atoms with Gasteiger partial charge in [-0.05, 0) is 67.9 Å². The molecule has 0 radical (unpaired) electrons. The zero-order chi connectivity index (χ0) is 19.6. The maximum absolute atomic E-state index is 13.0. The zero-order valence-corrected chi connectivity index (χ0v) is 16.4. The average molecular weight is 397 g/mol. The lowest BCUT2D eigenvalue weighted by molar-refractivity contribution is -0.140. The summed E-state index contributed by atoms with van der Waals surface area (Å²) in [6.07, 6.45) is 2.17. The van der Waals surface area contributed by atoms with Crippen LogP contribution in [0.15, 0.2) is 48.5 Å². The van der Waals surface area contributed by atoms with Crippen molar-refractivity contribution in [2.24, 2.45) is 5.41 Å². The topological polar surface area (TPSA) is 23.6 Å². The number of hydrogen-bond acceptors (Lipinski definition) is 2. The summed E-state index contributed by atoms with van der Waals surface area (Å²) in [6.45, 7) is 4.47. The molecule has 2 heterocycles. The molecule has 28 heavy (non-hydrogen) atoms. The molecule has 1 amide bonds. The van der Waals surface area contributed by atoms with Gasteiger partial charge in [0.25, 0.3) is 5.91 Å². The molecule has 2 fully saturated rings. The zero-order valence-electron chi connectivity index (χ0n) is 15.6. The van der Waals surface area contributed by atoms with E-state index in [1.54, 1.807) is 12.1 Å². The highest BCUT2D eigenvalue weighted by atomic mass is 35.5. The molecule has 0 bridgehead atoms. The maximum Gasteiger partial charge on any atom is 0.298 e. The molecule has 0 atom stereocenters. The Morgan fingerprint density at radius 2 is 1.68 bits per heavy atom. The van der Waals surface area contributed by atoms with E-state index in [1.165, 1.54) is 12.1 Å². The number of halogens is 2. The Bertz CT molecular complexity index is 898. The fourth-order valence-electron chi connectivity index (χ4n) is 3.99. The smallest absolute Gasteiger partial charge is 0.298 e. The lowest BCUT2D eigenvalue weighted by Crippen LogP contribution is -2.61. The Kier molecular flexibility index (Phi) is 5.39. The average Bonchev–Trinajstić information content (AvgIpc) is 2.68. The number of benzene rings is 2. The molecule has 1 spiro atoms. The van der Waals surface area contributed by atoms with Crippen molar-refractivity contribution < 1.29 is 9.18 Å². The Labute approximate surface area is 170 Å². The molecule has 2 aliphatic rings. The van der Waals surface area contributed by atoms with Gasteiger partial charge < -0.3 is 4.90 Å². The minimum Gasteiger partial charge on any atom is -0.331 e. The molecule has 0 N–H and O–H groups in total. The van der Waals surface area contributed by atoms with Gasteiger partial charge in [0.15, 0.2) is 0 Å². The number of carbonyl (C=O) groups is 1. The van der Waals surface area contributed by atoms with Crippen molar-refractivity contribution in [3.63, 3.8) is 0 Å². The largest absolute Gasteiger partial charge is 0.331 e. The highest BCUT2D eigenvalue weighted by molar-refractivity contribution is 6.30. The van der Waals surface area contributed by atoms with Gasteiger partial charge in [-0.3, -0.25) is 9.69 Å². The minimum absolute atomic E-state index is 0.102. The van der Waals surface area contributed by atoms with E-state index in [1.807, 2.05) is 29.2 Å². The number of carbonyl (C=O) groups excluding carboxylic acids is 1. The van der Waals surface area contributed by atoms with Crippen molar-refractivity contribution in [2.75, 3.05) is 26.2 Å². The second-order valence-electron chi connectivity index (χ2n) is 7.82. The summed E-state index contributed by atoms with van der Waals surface area (Å²) in [7, 11) is 0. The third-order valence-electron chi connectivity index (χ3n) is 5.73. The van der Waals surface area contributed by atoms with Gasteiger partial charge in [0.1, 0.15) is 5.82 Å². The first kappa shape index (κ1) is 19.0. The van der Waals surface area contributed by atoms with Crippen LogP contribution < -0.4 is 0 Å². The van der Waals surface area contributed by atoms with E-state index in [2.05, 4.69) is 16.7 Å². The summed E-state index contributed by atoms with van der Waals surface area (Å²) in [5.41, 5.74) is 2.18. The first-order valence-electron chi connectivity index (χ1n) is 9.55. The number of piperidine rings is 1. The molecule has 5 heteroatoms. The van der Waals surface area contributed by atoms with Crippen LogP contribution in [0.2, 0.25) is 5.02 Å². The van der Waals surface area contributed by atoms with Gasteiger partial charge in [-0.15, -0.1) is 0 Å². The summed E-state index contributed by atoms with van der Waals surface area (Å²) >= 11 is 5.86. The van der Waals surface area contributed by atoms with E-state index in [9.17, 15) is 9.18 Å². The van der Waals surface area contributed by atoms with E-state index in [0.717, 1.165) is 56.7 Å². The molecular formula is C23H22ClFN2O. The molecule has 2 aliphatic heterocycles. The van der Waals surface area contributed by atoms with Crippen LogP contribution in [-0.4, -0.2) is 41.9 Å². The van der Waals surface area contributed by atoms with Crippen LogP contribution in [0.1, 0.15) is 24.0 Å². The quantitative estimate of drug-likeness (QED) is 0.717. The van der Waals surface area contributed by atoms with Crippen LogP contribution in [0.25, 0.3) is 0 Å². The van der Waals surface area contributed by atoms with Crippen LogP contribution in [0, 0.1) is 23.1 Å². The lowest BCUT2D eigenvalue weighted by Gasteiger charge is -2.53. The van der Waals surface area contributed by atoms with Crippen molar-refractivity contribution in [3.8, 4) is 11.8 Å². The van der Waals surface area contributed by atoms with E-state index in [-0.39, 0.29) is 17.1 Å². The molecular weight excluding hydrogens is 375 g/mol. The minimum atomic E-state index is -0.195. The van der Waals surface area contributed by atoms with Crippen molar-refractivity contribution >= 4 is 17.5 Å². The van der Waals surface area contributed by atoms with Crippen LogP contribution >= 0.6 is 11.6 Å². The van der Waals surface area contributed by atoms with E-state index in [4.69, 9.17) is 11.6 Å². The molecule has 4 rings (SSSR count). The number of nitrogens with zero attached hydrogens (tertiary/aromatic N) is 2. The summed E-state index contributed by atoms with van der Waals surface area (Å²) < 4.78 is 13.0. The predicted octanol–water partition coefficient (Wildman–Crippen LogP) is 3.96. The van der Waals surface area contributed by atoms with Crippen LogP contribution in [0.4, 0.5) is 4.39 Å². The molecule has 2 aromatic rings. The molecule has 2 aromatic carbocycles. The van der Waals surface area contributed by atoms with Crippen molar-refractivity contribution in [1.82, 2.24) is 9.80 Å². The van der Waals surface area contributed by atoms with Gasteiger partial charge >= 0.3 is 0 Å². The fraction of sp³-hybridized carbons (Fsp3) is 0.348. The van der Waals surface area contributed by atoms with Gasteiger partial charge in [0.05, 0.1) is 0 Å². The first-order valence-corrected chi connectivity index (χ1v) is 9.93. The Balaban J connectivity index is 1.25. The molecule has 2 saturated heterocycles. The first-order chi connectivity index (χ1) is 13.5. The van der Waals surface area contributed by atoms with Crippen LogP contribution in [0.5, 0.6) is 0 Å². The van der Waals surface area contributed by atoms with E-state index < -0.39 is 0 Å². The van der Waals surface area contributed by atoms with Gasteiger partial charge in [0, 0.05) is 41.6 Å². The van der Waals surface area contributed by atoms with Gasteiger partial charge in [-0.2, -0.15) is 0 Å². The highest BCUT2D eigenvalue weighted by Crippen LogP contribution is 2.40. The summed E-state index contributed by atoms with van der Waals surface area (Å²) in [6, 6.07) is 13.9. The molecule has 0 aliphatic carbocycles. The van der Waals surface area contributed by atoms with Crippen LogP contribution in [-0.2, 0) is 11.3 Å². The Hall–Kier alpha value is -2.35. The SMILES string of the molecule is O=C(C#Cc1ccc(Cl)cc1)N1CC2(CCN(Cc3ccc(F)cc3)CC2)C1. The molecule has 3 nitrogen and oxygen atoms in total. The predicted molar refractivity (Wildman–Crippen MR) is 108 cm³/mol. The maximum atomic E-state index is 13.0. The summed E-state index contributed by atoms with van der Waals surface area (Å²) in [4.78, 5) is 16.6. The second-order valence-corrected chi connectivity index (χ2v) is 8.26. The molecule has 0 unspecified atom stereocenters. The molecule has 0 saturated carbocycles. The monoisotopic (exact) mass is 396 g/mol. The molecule has 0 aromatic heterocycles. The number of rotatable bonds is 2. The molecule has 144 valence electrons. The van der Waals surface area contributed by atoms with Crippen LogP contribution in [0.3, 0.4) is 0 Å². The number of likely N-dealkylation sites (tertiary alicyclic amines) is 2. The van der Waals surface area contributed by atoms with Crippen molar-refractivity contribution in [2.45, 2.75) is 19.4 Å². The lowest BCUT2D eigenvalue weighted by atomic mass is 9.72. The second kappa shape index (κ2) is 7.95. The van der Waals surface area contributed by atoms with Crippen molar-refractivity contribution in [1.29, 1.82) is 0 Å². The van der Waals surface area contributed by atoms with Gasteiger partial charge in [-0.1, -0.05) is 29.7 Å². The summed E-state index contributed by atoms with van der Waals surface area (Å²) in [5, 5.41) is 0.660. The van der Waals surface area contributed by atoms with E-state index in [0.29, 0.717) is 5.02 Å².